The van der Waals surface area contributed by atoms with Crippen molar-refractivity contribution in [2.75, 3.05) is 54.5 Å². The van der Waals surface area contributed by atoms with E-state index in [1.165, 1.54) is 23.3 Å². The topological polar surface area (TPSA) is 65.5 Å². The Kier molecular flexibility index (Phi) is 8.35. The molecular formula is C32H39FN6OS. The predicted molar refractivity (Wildman–Crippen MR) is 166 cm³/mol. The number of nitrogens with one attached hydrogen (secondary N) is 2. The fourth-order valence-electron chi connectivity index (χ4n) is 6.26. The molecule has 0 radical (unpaired) electrons. The maximum absolute atomic E-state index is 13.7. The number of hydrogen-bond donors (Lipinski definition) is 2. The van der Waals surface area contributed by atoms with E-state index in [2.05, 4.69) is 57.7 Å². The highest BCUT2D eigenvalue weighted by Gasteiger charge is 2.34. The van der Waals surface area contributed by atoms with Gasteiger partial charge in [0, 0.05) is 57.4 Å². The van der Waals surface area contributed by atoms with Crippen molar-refractivity contribution in [2.24, 2.45) is 5.92 Å². The molecule has 1 aromatic heterocycles. The van der Waals surface area contributed by atoms with Crippen molar-refractivity contribution < 1.29 is 9.13 Å². The molecule has 6 rings (SSSR count). The van der Waals surface area contributed by atoms with Crippen molar-refractivity contribution in [3.8, 4) is 0 Å². The second kappa shape index (κ2) is 12.3. The van der Waals surface area contributed by atoms with Gasteiger partial charge in [0.15, 0.2) is 5.11 Å². The predicted octanol–water partition coefficient (Wildman–Crippen LogP) is 5.45. The second-order valence-electron chi connectivity index (χ2n) is 11.7. The lowest BCUT2D eigenvalue weighted by atomic mass is 9.74. The Balaban J connectivity index is 1.21. The fraction of sp³-hybridized carbons (Fsp3) is 0.469. The van der Waals surface area contributed by atoms with E-state index in [4.69, 9.17) is 26.9 Å². The average molecular weight is 575 g/mol. The van der Waals surface area contributed by atoms with Gasteiger partial charge in [0.05, 0.1) is 0 Å². The molecule has 9 heteroatoms. The van der Waals surface area contributed by atoms with E-state index in [0.717, 1.165) is 81.4 Å². The second-order valence-corrected chi connectivity index (χ2v) is 12.1. The Bertz CT molecular complexity index is 1350. The first kappa shape index (κ1) is 27.8. The number of halogens is 1. The highest BCUT2D eigenvalue weighted by Crippen LogP contribution is 2.35. The molecular weight excluding hydrogens is 535 g/mol. The molecule has 0 amide bonds. The third-order valence-electron chi connectivity index (χ3n) is 8.98. The van der Waals surface area contributed by atoms with Gasteiger partial charge in [-0.2, -0.15) is 9.97 Å². The summed E-state index contributed by atoms with van der Waals surface area (Å²) in [4.78, 5) is 14.6. The molecule has 0 aliphatic carbocycles. The lowest BCUT2D eigenvalue weighted by molar-refractivity contribution is 0.0515. The van der Waals surface area contributed by atoms with Crippen molar-refractivity contribution in [1.29, 1.82) is 0 Å². The molecule has 3 aliphatic heterocycles. The molecule has 2 fully saturated rings. The van der Waals surface area contributed by atoms with Gasteiger partial charge in [-0.05, 0) is 79.1 Å². The summed E-state index contributed by atoms with van der Waals surface area (Å²) < 4.78 is 19.3. The zero-order valence-corrected chi connectivity index (χ0v) is 24.6. The van der Waals surface area contributed by atoms with E-state index in [1.54, 1.807) is 0 Å². The molecule has 0 spiro atoms. The maximum atomic E-state index is 13.7. The highest BCUT2D eigenvalue weighted by molar-refractivity contribution is 7.80. The summed E-state index contributed by atoms with van der Waals surface area (Å²) in [5.41, 5.74) is 3.68. The van der Waals surface area contributed by atoms with Gasteiger partial charge in [-0.25, -0.2) is 4.39 Å². The number of thiocarbonyl (C=S) groups is 1. The third-order valence-corrected chi connectivity index (χ3v) is 9.23. The van der Waals surface area contributed by atoms with Crippen molar-refractivity contribution in [2.45, 2.75) is 51.0 Å². The summed E-state index contributed by atoms with van der Waals surface area (Å²) >= 11 is 5.77. The van der Waals surface area contributed by atoms with E-state index in [9.17, 15) is 4.39 Å². The lowest BCUT2D eigenvalue weighted by Crippen LogP contribution is -2.45. The number of rotatable bonds is 6. The summed E-state index contributed by atoms with van der Waals surface area (Å²) in [7, 11) is 0. The standard InChI is InChI=1S/C32H39FN6OS/c1-23-10-15-38(16-11-23)28-20-29(39-17-12-24-4-2-3-5-25(24)21-39)36-30(35-28)37-31(41)34-22-32(13-18-40-19-14-32)26-6-8-27(33)9-7-26/h2-9,20,23H,10-19,21-22H2,1H3,(H2,34,35,36,37,41). The van der Waals surface area contributed by atoms with Gasteiger partial charge in [0.25, 0.3) is 0 Å². The van der Waals surface area contributed by atoms with Gasteiger partial charge in [-0.3, -0.25) is 0 Å². The van der Waals surface area contributed by atoms with Crippen molar-refractivity contribution in [3.05, 3.63) is 77.1 Å². The van der Waals surface area contributed by atoms with Crippen molar-refractivity contribution >= 4 is 34.9 Å². The summed E-state index contributed by atoms with van der Waals surface area (Å²) in [6.45, 7) is 8.00. The van der Waals surface area contributed by atoms with Crippen molar-refractivity contribution in [3.63, 3.8) is 0 Å². The Hall–Kier alpha value is -3.30. The van der Waals surface area contributed by atoms with Crippen LogP contribution >= 0.6 is 12.2 Å². The number of hydrogen-bond acceptors (Lipinski definition) is 6. The van der Waals surface area contributed by atoms with E-state index >= 15 is 0 Å². The van der Waals surface area contributed by atoms with Crippen LogP contribution in [0.2, 0.25) is 0 Å². The zero-order chi connectivity index (χ0) is 28.2. The van der Waals surface area contributed by atoms with Crippen LogP contribution in [0, 0.1) is 11.7 Å². The van der Waals surface area contributed by atoms with Crippen LogP contribution in [0.4, 0.5) is 22.0 Å². The van der Waals surface area contributed by atoms with Crippen LogP contribution < -0.4 is 20.4 Å². The smallest absolute Gasteiger partial charge is 0.232 e. The third kappa shape index (κ3) is 6.46. The SMILES string of the molecule is CC1CCN(c2cc(N3CCc4ccccc4C3)nc(NC(=S)NCC3(c4ccc(F)cc4)CCOCC3)n2)CC1. The number of nitrogens with zero attached hydrogens (tertiary/aromatic N) is 4. The van der Waals surface area contributed by atoms with Crippen molar-refractivity contribution in [1.82, 2.24) is 15.3 Å². The zero-order valence-electron chi connectivity index (χ0n) is 23.7. The number of piperidine rings is 1. The summed E-state index contributed by atoms with van der Waals surface area (Å²) in [5.74, 6) is 2.88. The molecule has 0 atom stereocenters. The molecule has 7 nitrogen and oxygen atoms in total. The van der Waals surface area contributed by atoms with Gasteiger partial charge in [-0.15, -0.1) is 0 Å². The molecule has 3 aliphatic rings. The van der Waals surface area contributed by atoms with Gasteiger partial charge in [0.1, 0.15) is 17.5 Å². The minimum atomic E-state index is -0.228. The maximum Gasteiger partial charge on any atom is 0.232 e. The average Bonchev–Trinajstić information content (AvgIpc) is 3.01. The lowest BCUT2D eigenvalue weighted by Gasteiger charge is -2.38. The molecule has 3 aromatic rings. The van der Waals surface area contributed by atoms with Crippen LogP contribution in [0.25, 0.3) is 0 Å². The van der Waals surface area contributed by atoms with Crippen LogP contribution in [0.15, 0.2) is 54.6 Å². The molecule has 4 heterocycles. The monoisotopic (exact) mass is 574 g/mol. The van der Waals surface area contributed by atoms with Gasteiger partial charge < -0.3 is 25.2 Å². The Morgan fingerprint density at radius 1 is 0.976 bits per heavy atom. The Labute approximate surface area is 247 Å². The number of aromatic nitrogens is 2. The Morgan fingerprint density at radius 2 is 1.66 bits per heavy atom. The first-order chi connectivity index (χ1) is 20.0. The van der Waals surface area contributed by atoms with E-state index < -0.39 is 0 Å². The number of benzene rings is 2. The van der Waals surface area contributed by atoms with Gasteiger partial charge in [-0.1, -0.05) is 43.3 Å². The van der Waals surface area contributed by atoms with E-state index in [0.29, 0.717) is 30.8 Å². The highest BCUT2D eigenvalue weighted by atomic mass is 32.1. The first-order valence-electron chi connectivity index (χ1n) is 14.8. The summed E-state index contributed by atoms with van der Waals surface area (Å²) in [6.07, 6.45) is 5.00. The summed E-state index contributed by atoms with van der Waals surface area (Å²) in [5, 5.41) is 7.22. The van der Waals surface area contributed by atoms with E-state index in [1.807, 2.05) is 12.1 Å². The minimum absolute atomic E-state index is 0.183. The summed E-state index contributed by atoms with van der Waals surface area (Å²) in [6, 6.07) is 17.6. The fourth-order valence-corrected chi connectivity index (χ4v) is 6.42. The normalized spacial score (nSPS) is 19.0. The Morgan fingerprint density at radius 3 is 2.39 bits per heavy atom. The quantitative estimate of drug-likeness (QED) is 0.377. The molecule has 216 valence electrons. The van der Waals surface area contributed by atoms with Crippen LogP contribution in [0.5, 0.6) is 0 Å². The van der Waals surface area contributed by atoms with Crippen LogP contribution in [0.1, 0.15) is 49.3 Å². The molecule has 0 saturated carbocycles. The first-order valence-corrected chi connectivity index (χ1v) is 15.2. The molecule has 0 unspecified atom stereocenters. The molecule has 2 aromatic carbocycles. The largest absolute Gasteiger partial charge is 0.381 e. The minimum Gasteiger partial charge on any atom is -0.381 e. The molecule has 0 bridgehead atoms. The van der Waals surface area contributed by atoms with Crippen LogP contribution in [-0.2, 0) is 23.1 Å². The molecule has 41 heavy (non-hydrogen) atoms. The van der Waals surface area contributed by atoms with E-state index in [-0.39, 0.29) is 11.2 Å². The van der Waals surface area contributed by atoms with Gasteiger partial charge in [0.2, 0.25) is 5.95 Å². The number of fused-ring (bicyclic) bond motifs is 1. The number of anilines is 3. The number of ether oxygens (including phenoxy) is 1. The van der Waals surface area contributed by atoms with Crippen LogP contribution in [-0.4, -0.2) is 54.5 Å². The molecule has 2 N–H and O–H groups in total. The van der Waals surface area contributed by atoms with Gasteiger partial charge >= 0.3 is 0 Å². The molecule has 2 saturated heterocycles. The van der Waals surface area contributed by atoms with Crippen LogP contribution in [0.3, 0.4) is 0 Å².